The monoisotopic (exact) mass is 311 g/mol. The van der Waals surface area contributed by atoms with Gasteiger partial charge in [0.15, 0.2) is 11.7 Å². The number of esters is 1. The minimum atomic E-state index is -0.452. The van der Waals surface area contributed by atoms with Crippen molar-refractivity contribution in [2.24, 2.45) is 5.73 Å². The summed E-state index contributed by atoms with van der Waals surface area (Å²) in [7, 11) is 0. The Hall–Kier alpha value is -3.15. The SMILES string of the molecule is CCC(=O)Oc1cccc(NC(=N)N)c1C(=O)c1ccccc1. The van der Waals surface area contributed by atoms with E-state index in [4.69, 9.17) is 15.9 Å². The fourth-order valence-electron chi connectivity index (χ4n) is 2.03. The molecule has 23 heavy (non-hydrogen) atoms. The lowest BCUT2D eigenvalue weighted by Crippen LogP contribution is -2.22. The van der Waals surface area contributed by atoms with Crippen molar-refractivity contribution in [3.05, 3.63) is 59.7 Å². The summed E-state index contributed by atoms with van der Waals surface area (Å²) in [4.78, 5) is 24.4. The summed E-state index contributed by atoms with van der Waals surface area (Å²) in [6.07, 6.45) is 0.184. The number of nitrogens with one attached hydrogen (secondary N) is 2. The van der Waals surface area contributed by atoms with Crippen molar-refractivity contribution in [1.82, 2.24) is 0 Å². The average molecular weight is 311 g/mol. The van der Waals surface area contributed by atoms with Crippen molar-refractivity contribution >= 4 is 23.4 Å². The number of nitrogens with two attached hydrogens (primary N) is 1. The van der Waals surface area contributed by atoms with E-state index in [1.807, 2.05) is 0 Å². The number of rotatable bonds is 5. The predicted octanol–water partition coefficient (Wildman–Crippen LogP) is 2.54. The van der Waals surface area contributed by atoms with Crippen molar-refractivity contribution in [3.63, 3.8) is 0 Å². The van der Waals surface area contributed by atoms with Gasteiger partial charge in [0.05, 0.1) is 11.3 Å². The van der Waals surface area contributed by atoms with E-state index < -0.39 is 5.97 Å². The van der Waals surface area contributed by atoms with Crippen LogP contribution in [0, 0.1) is 5.41 Å². The Morgan fingerprint density at radius 3 is 2.43 bits per heavy atom. The molecule has 2 rings (SSSR count). The second-order valence-corrected chi connectivity index (χ2v) is 4.74. The number of hydrogen-bond acceptors (Lipinski definition) is 4. The first-order valence-corrected chi connectivity index (χ1v) is 7.07. The molecule has 0 aromatic heterocycles. The molecular weight excluding hydrogens is 294 g/mol. The number of guanidine groups is 1. The van der Waals surface area contributed by atoms with Gasteiger partial charge in [-0.1, -0.05) is 43.3 Å². The van der Waals surface area contributed by atoms with Gasteiger partial charge in [-0.15, -0.1) is 0 Å². The van der Waals surface area contributed by atoms with Crippen LogP contribution in [0.25, 0.3) is 0 Å². The highest BCUT2D eigenvalue weighted by Gasteiger charge is 2.21. The Labute approximate surface area is 133 Å². The van der Waals surface area contributed by atoms with E-state index in [-0.39, 0.29) is 29.5 Å². The van der Waals surface area contributed by atoms with Crippen LogP contribution < -0.4 is 15.8 Å². The van der Waals surface area contributed by atoms with E-state index in [1.54, 1.807) is 49.4 Å². The lowest BCUT2D eigenvalue weighted by molar-refractivity contribution is -0.134. The highest BCUT2D eigenvalue weighted by atomic mass is 16.5. The number of ketones is 1. The van der Waals surface area contributed by atoms with Crippen LogP contribution in [-0.2, 0) is 4.79 Å². The van der Waals surface area contributed by atoms with Gasteiger partial charge in [-0.2, -0.15) is 0 Å². The van der Waals surface area contributed by atoms with Gasteiger partial charge in [0.1, 0.15) is 5.75 Å². The number of carbonyl (C=O) groups is 2. The van der Waals surface area contributed by atoms with Gasteiger partial charge in [0.25, 0.3) is 0 Å². The minimum Gasteiger partial charge on any atom is -0.426 e. The molecule has 0 aliphatic heterocycles. The van der Waals surface area contributed by atoms with E-state index in [2.05, 4.69) is 5.32 Å². The summed E-state index contributed by atoms with van der Waals surface area (Å²) >= 11 is 0. The van der Waals surface area contributed by atoms with Gasteiger partial charge in [-0.25, -0.2) is 0 Å². The quantitative estimate of drug-likeness (QED) is 0.259. The Bertz CT molecular complexity index is 742. The maximum absolute atomic E-state index is 12.8. The topological polar surface area (TPSA) is 105 Å². The lowest BCUT2D eigenvalue weighted by atomic mass is 10.0. The maximum atomic E-state index is 12.8. The van der Waals surface area contributed by atoms with E-state index in [1.165, 1.54) is 6.07 Å². The lowest BCUT2D eigenvalue weighted by Gasteiger charge is -2.14. The van der Waals surface area contributed by atoms with E-state index >= 15 is 0 Å². The fraction of sp³-hybridized carbons (Fsp3) is 0.118. The van der Waals surface area contributed by atoms with Crippen LogP contribution in [0.1, 0.15) is 29.3 Å². The average Bonchev–Trinajstić information content (AvgIpc) is 2.54. The van der Waals surface area contributed by atoms with Crippen molar-refractivity contribution in [2.75, 3.05) is 5.32 Å². The predicted molar refractivity (Wildman–Crippen MR) is 87.8 cm³/mol. The van der Waals surface area contributed by atoms with Crippen LogP contribution in [0.2, 0.25) is 0 Å². The molecule has 0 aliphatic rings. The molecule has 6 nitrogen and oxygen atoms in total. The molecule has 0 saturated heterocycles. The van der Waals surface area contributed by atoms with E-state index in [0.717, 1.165) is 0 Å². The standard InChI is InChI=1S/C17H17N3O3/c1-2-14(21)23-13-10-6-9-12(20-17(18)19)15(13)16(22)11-7-4-3-5-8-11/h3-10H,2H2,1H3,(H4,18,19,20). The summed E-state index contributed by atoms with van der Waals surface area (Å²) in [5.74, 6) is -0.955. The first kappa shape index (κ1) is 16.2. The summed E-state index contributed by atoms with van der Waals surface area (Å²) in [6, 6.07) is 13.4. The van der Waals surface area contributed by atoms with Gasteiger partial charge in [-0.05, 0) is 12.1 Å². The normalized spacial score (nSPS) is 9.96. The van der Waals surface area contributed by atoms with Gasteiger partial charge in [0.2, 0.25) is 0 Å². The molecule has 4 N–H and O–H groups in total. The molecule has 2 aromatic carbocycles. The van der Waals surface area contributed by atoms with Crippen LogP contribution in [0.5, 0.6) is 5.75 Å². The number of anilines is 1. The van der Waals surface area contributed by atoms with Crippen LogP contribution in [0.15, 0.2) is 48.5 Å². The smallest absolute Gasteiger partial charge is 0.310 e. The van der Waals surface area contributed by atoms with Crippen molar-refractivity contribution in [2.45, 2.75) is 13.3 Å². The number of hydrogen-bond donors (Lipinski definition) is 3. The van der Waals surface area contributed by atoms with Gasteiger partial charge >= 0.3 is 5.97 Å². The molecule has 0 amide bonds. The van der Waals surface area contributed by atoms with Crippen LogP contribution in [0.3, 0.4) is 0 Å². The van der Waals surface area contributed by atoms with E-state index in [9.17, 15) is 9.59 Å². The number of carbonyl (C=O) groups excluding carboxylic acids is 2. The molecule has 0 spiro atoms. The Balaban J connectivity index is 2.53. The molecule has 0 aliphatic carbocycles. The maximum Gasteiger partial charge on any atom is 0.310 e. The molecule has 0 radical (unpaired) electrons. The van der Waals surface area contributed by atoms with Crippen molar-refractivity contribution in [1.29, 1.82) is 5.41 Å². The third-order valence-corrected chi connectivity index (χ3v) is 3.07. The third kappa shape index (κ3) is 3.94. The van der Waals surface area contributed by atoms with Gasteiger partial charge in [0, 0.05) is 12.0 Å². The first-order valence-electron chi connectivity index (χ1n) is 7.07. The third-order valence-electron chi connectivity index (χ3n) is 3.07. The van der Waals surface area contributed by atoms with Crippen LogP contribution >= 0.6 is 0 Å². The van der Waals surface area contributed by atoms with E-state index in [0.29, 0.717) is 11.3 Å². The summed E-state index contributed by atoms with van der Waals surface area (Å²) in [5.41, 5.74) is 6.28. The summed E-state index contributed by atoms with van der Waals surface area (Å²) in [5, 5.41) is 9.97. The number of benzene rings is 2. The largest absolute Gasteiger partial charge is 0.426 e. The van der Waals surface area contributed by atoms with Crippen molar-refractivity contribution < 1.29 is 14.3 Å². The molecule has 0 fully saturated rings. The summed E-state index contributed by atoms with van der Waals surface area (Å²) in [6.45, 7) is 1.67. The summed E-state index contributed by atoms with van der Waals surface area (Å²) < 4.78 is 5.25. The minimum absolute atomic E-state index is 0.136. The van der Waals surface area contributed by atoms with Crippen LogP contribution in [0.4, 0.5) is 5.69 Å². The Morgan fingerprint density at radius 2 is 1.83 bits per heavy atom. The molecule has 0 saturated carbocycles. The number of ether oxygens (including phenoxy) is 1. The molecule has 118 valence electrons. The molecule has 2 aromatic rings. The molecule has 0 unspecified atom stereocenters. The molecule has 0 atom stereocenters. The highest BCUT2D eigenvalue weighted by Crippen LogP contribution is 2.29. The second kappa shape index (κ2) is 7.22. The zero-order chi connectivity index (χ0) is 16.8. The zero-order valence-corrected chi connectivity index (χ0v) is 12.6. The highest BCUT2D eigenvalue weighted by molar-refractivity contribution is 6.15. The molecule has 0 heterocycles. The zero-order valence-electron chi connectivity index (χ0n) is 12.6. The molecule has 0 bridgehead atoms. The molecular formula is C17H17N3O3. The molecule has 6 heteroatoms. The second-order valence-electron chi connectivity index (χ2n) is 4.74. The van der Waals surface area contributed by atoms with Crippen molar-refractivity contribution in [3.8, 4) is 5.75 Å². The Morgan fingerprint density at radius 1 is 1.13 bits per heavy atom. The van der Waals surface area contributed by atoms with Gasteiger partial charge < -0.3 is 15.8 Å². The van der Waals surface area contributed by atoms with Crippen LogP contribution in [-0.4, -0.2) is 17.7 Å². The first-order chi connectivity index (χ1) is 11.0. The Kier molecular flexibility index (Phi) is 5.09. The fourth-order valence-corrected chi connectivity index (χ4v) is 2.03. The van der Waals surface area contributed by atoms with Gasteiger partial charge in [-0.3, -0.25) is 15.0 Å².